The van der Waals surface area contributed by atoms with E-state index >= 15 is 0 Å². The van der Waals surface area contributed by atoms with Crippen LogP contribution in [0.25, 0.3) is 0 Å². The van der Waals surface area contributed by atoms with Crippen molar-refractivity contribution in [1.29, 1.82) is 0 Å². The average molecular weight is 231 g/mol. The van der Waals surface area contributed by atoms with Gasteiger partial charge in [-0.2, -0.15) is 0 Å². The lowest BCUT2D eigenvalue weighted by atomic mass is 10.2. The van der Waals surface area contributed by atoms with Crippen molar-refractivity contribution in [3.63, 3.8) is 0 Å². The quantitative estimate of drug-likeness (QED) is 0.867. The fraction of sp³-hybridized carbons (Fsp3) is 0.500. The first-order chi connectivity index (χ1) is 7.04. The van der Waals surface area contributed by atoms with Crippen molar-refractivity contribution in [1.82, 2.24) is 4.98 Å². The van der Waals surface area contributed by atoms with E-state index in [0.29, 0.717) is 10.6 Å². The number of aromatic nitrogens is 1. The summed E-state index contributed by atoms with van der Waals surface area (Å²) >= 11 is 1.06. The van der Waals surface area contributed by atoms with Crippen LogP contribution in [0.5, 0.6) is 0 Å². The van der Waals surface area contributed by atoms with Crippen molar-refractivity contribution in [2.45, 2.75) is 36.1 Å². The van der Waals surface area contributed by atoms with E-state index < -0.39 is 11.2 Å². The van der Waals surface area contributed by atoms with Crippen LogP contribution in [0.3, 0.4) is 0 Å². The van der Waals surface area contributed by atoms with Gasteiger partial charge in [0.2, 0.25) is 0 Å². The summed E-state index contributed by atoms with van der Waals surface area (Å²) in [6, 6.07) is 1.76. The summed E-state index contributed by atoms with van der Waals surface area (Å²) in [5.41, 5.74) is 1.55. The second-order valence-corrected chi connectivity index (χ2v) is 4.83. The van der Waals surface area contributed by atoms with Crippen molar-refractivity contribution in [2.24, 2.45) is 0 Å². The standard InChI is InChI=1S/C10H11F2NOS/c1-6-2-3-13-9(7(6)5-14)15-8-4-10(8,11)12/h2-3,8,14H,4-5H2,1H3. The number of thioether (sulfide) groups is 1. The van der Waals surface area contributed by atoms with Gasteiger partial charge in [0.1, 0.15) is 5.03 Å². The SMILES string of the molecule is Cc1ccnc(SC2CC2(F)F)c1CO. The first kappa shape index (κ1) is 10.8. The van der Waals surface area contributed by atoms with E-state index in [4.69, 9.17) is 5.11 Å². The Labute approximate surface area is 90.7 Å². The summed E-state index contributed by atoms with van der Waals surface area (Å²) in [7, 11) is 0. The van der Waals surface area contributed by atoms with Crippen LogP contribution in [0.2, 0.25) is 0 Å². The van der Waals surface area contributed by atoms with Gasteiger partial charge in [-0.1, -0.05) is 11.8 Å². The highest BCUT2D eigenvalue weighted by molar-refractivity contribution is 8.00. The van der Waals surface area contributed by atoms with Gasteiger partial charge < -0.3 is 5.11 Å². The normalized spacial score (nSPS) is 22.8. The number of aliphatic hydroxyl groups excluding tert-OH is 1. The number of aryl methyl sites for hydroxylation is 1. The minimum absolute atomic E-state index is 0.0852. The lowest BCUT2D eigenvalue weighted by Crippen LogP contribution is -1.99. The minimum atomic E-state index is -2.55. The van der Waals surface area contributed by atoms with E-state index in [1.165, 1.54) is 0 Å². The Kier molecular flexibility index (Phi) is 2.68. The maximum atomic E-state index is 12.7. The predicted molar refractivity (Wildman–Crippen MR) is 54.1 cm³/mol. The molecule has 1 aliphatic rings. The Morgan fingerprint density at radius 1 is 1.67 bits per heavy atom. The van der Waals surface area contributed by atoms with Crippen LogP contribution < -0.4 is 0 Å². The van der Waals surface area contributed by atoms with Crippen molar-refractivity contribution in [2.75, 3.05) is 0 Å². The molecule has 0 amide bonds. The predicted octanol–water partition coefficient (Wildman–Crippen LogP) is 2.38. The monoisotopic (exact) mass is 231 g/mol. The van der Waals surface area contributed by atoms with E-state index in [-0.39, 0.29) is 13.0 Å². The largest absolute Gasteiger partial charge is 0.392 e. The van der Waals surface area contributed by atoms with Crippen molar-refractivity contribution in [3.8, 4) is 0 Å². The van der Waals surface area contributed by atoms with Crippen LogP contribution in [0, 0.1) is 6.92 Å². The summed E-state index contributed by atoms with van der Waals surface area (Å²) in [5, 5.41) is 8.98. The lowest BCUT2D eigenvalue weighted by molar-refractivity contribution is 0.122. The highest BCUT2D eigenvalue weighted by Gasteiger charge is 2.57. The first-order valence-electron chi connectivity index (χ1n) is 4.64. The Morgan fingerprint density at radius 2 is 2.33 bits per heavy atom. The number of hydrogen-bond donors (Lipinski definition) is 1. The molecule has 0 spiro atoms. The molecule has 0 saturated heterocycles. The van der Waals surface area contributed by atoms with Crippen LogP contribution in [-0.2, 0) is 6.61 Å². The first-order valence-corrected chi connectivity index (χ1v) is 5.52. The summed E-state index contributed by atoms with van der Waals surface area (Å²) < 4.78 is 25.4. The zero-order valence-electron chi connectivity index (χ0n) is 8.20. The highest BCUT2D eigenvalue weighted by Crippen LogP contribution is 2.52. The Balaban J connectivity index is 2.18. The molecule has 82 valence electrons. The third kappa shape index (κ3) is 2.13. The molecule has 0 aliphatic heterocycles. The molecule has 1 atom stereocenters. The number of pyridine rings is 1. The Morgan fingerprint density at radius 3 is 2.87 bits per heavy atom. The molecule has 1 heterocycles. The van der Waals surface area contributed by atoms with Gasteiger partial charge in [-0.25, -0.2) is 13.8 Å². The van der Waals surface area contributed by atoms with Crippen LogP contribution >= 0.6 is 11.8 Å². The van der Waals surface area contributed by atoms with Gasteiger partial charge in [0.05, 0.1) is 11.9 Å². The molecule has 2 nitrogen and oxygen atoms in total. The van der Waals surface area contributed by atoms with Gasteiger partial charge in [0, 0.05) is 18.2 Å². The fourth-order valence-electron chi connectivity index (χ4n) is 1.31. The molecule has 1 fully saturated rings. The molecule has 15 heavy (non-hydrogen) atoms. The molecule has 1 N–H and O–H groups in total. The molecule has 2 rings (SSSR count). The van der Waals surface area contributed by atoms with Gasteiger partial charge in [0.25, 0.3) is 5.92 Å². The maximum Gasteiger partial charge on any atom is 0.261 e. The topological polar surface area (TPSA) is 33.1 Å². The smallest absolute Gasteiger partial charge is 0.261 e. The number of rotatable bonds is 3. The third-order valence-corrected chi connectivity index (χ3v) is 3.80. The van der Waals surface area contributed by atoms with E-state index in [1.807, 2.05) is 6.92 Å². The summed E-state index contributed by atoms with van der Waals surface area (Å²) in [4.78, 5) is 4.03. The summed E-state index contributed by atoms with van der Waals surface area (Å²) in [6.45, 7) is 1.68. The van der Waals surface area contributed by atoms with Crippen molar-refractivity contribution >= 4 is 11.8 Å². The second kappa shape index (κ2) is 3.72. The number of aliphatic hydroxyl groups is 1. The van der Waals surface area contributed by atoms with Gasteiger partial charge in [-0.05, 0) is 18.6 Å². The van der Waals surface area contributed by atoms with Crippen molar-refractivity contribution in [3.05, 3.63) is 23.4 Å². The average Bonchev–Trinajstić information content (AvgIpc) is 2.74. The molecule has 1 aromatic rings. The molecule has 1 aliphatic carbocycles. The highest BCUT2D eigenvalue weighted by atomic mass is 32.2. The van der Waals surface area contributed by atoms with Crippen LogP contribution in [0.1, 0.15) is 17.5 Å². The molecule has 5 heteroatoms. The fourth-order valence-corrected chi connectivity index (χ4v) is 2.55. The van der Waals surface area contributed by atoms with Crippen LogP contribution in [0.15, 0.2) is 17.3 Å². The lowest BCUT2D eigenvalue weighted by Gasteiger charge is -2.07. The number of nitrogens with zero attached hydrogens (tertiary/aromatic N) is 1. The molecule has 0 radical (unpaired) electrons. The Bertz CT molecular complexity index is 384. The van der Waals surface area contributed by atoms with Gasteiger partial charge in [0.15, 0.2) is 0 Å². The van der Waals surface area contributed by atoms with Crippen molar-refractivity contribution < 1.29 is 13.9 Å². The van der Waals surface area contributed by atoms with E-state index in [0.717, 1.165) is 17.3 Å². The number of halogens is 2. The zero-order chi connectivity index (χ0) is 11.1. The molecule has 1 aromatic heterocycles. The Hall–Kier alpha value is -0.680. The molecular weight excluding hydrogens is 220 g/mol. The van der Waals surface area contributed by atoms with Gasteiger partial charge in [-0.15, -0.1) is 0 Å². The third-order valence-electron chi connectivity index (χ3n) is 2.43. The summed E-state index contributed by atoms with van der Waals surface area (Å²) in [5.74, 6) is -2.55. The molecule has 1 saturated carbocycles. The molecule has 1 unspecified atom stereocenters. The van der Waals surface area contributed by atoms with Crippen LogP contribution in [0.4, 0.5) is 8.78 Å². The van der Waals surface area contributed by atoms with Crippen LogP contribution in [-0.4, -0.2) is 21.3 Å². The summed E-state index contributed by atoms with van der Waals surface area (Å²) in [6.07, 6.45) is 1.50. The molecule has 0 bridgehead atoms. The number of hydrogen-bond acceptors (Lipinski definition) is 3. The molecular formula is C10H11F2NOS. The molecule has 0 aromatic carbocycles. The van der Waals surface area contributed by atoms with Gasteiger partial charge >= 0.3 is 0 Å². The number of alkyl halides is 2. The van der Waals surface area contributed by atoms with E-state index in [1.54, 1.807) is 12.3 Å². The second-order valence-electron chi connectivity index (χ2n) is 3.64. The minimum Gasteiger partial charge on any atom is -0.392 e. The zero-order valence-corrected chi connectivity index (χ0v) is 9.02. The van der Waals surface area contributed by atoms with E-state index in [9.17, 15) is 8.78 Å². The van der Waals surface area contributed by atoms with E-state index in [2.05, 4.69) is 4.98 Å². The van der Waals surface area contributed by atoms with Gasteiger partial charge in [-0.3, -0.25) is 0 Å². The maximum absolute atomic E-state index is 12.7.